The molecule has 0 bridgehead atoms. The molecule has 0 N–H and O–H groups in total. The second-order valence-corrected chi connectivity index (χ2v) is 5.01. The van der Waals surface area contributed by atoms with Crippen molar-refractivity contribution in [3.05, 3.63) is 0 Å². The molecule has 0 aromatic carbocycles. The van der Waals surface area contributed by atoms with E-state index in [4.69, 9.17) is 13.6 Å². The summed E-state index contributed by atoms with van der Waals surface area (Å²) in [5.41, 5.74) is 0. The predicted octanol–water partition coefficient (Wildman–Crippen LogP) is 1.42. The van der Waals surface area contributed by atoms with Gasteiger partial charge in [-0.3, -0.25) is 0 Å². The highest BCUT2D eigenvalue weighted by molar-refractivity contribution is 7.54. The Morgan fingerprint density at radius 3 is 2.31 bits per heavy atom. The first-order valence-corrected chi connectivity index (χ1v) is 6.31. The first kappa shape index (κ1) is 9.81. The molecule has 2 atom stereocenters. The maximum Gasteiger partial charge on any atom is 0.380 e. The molecule has 76 valence electrons. The van der Waals surface area contributed by atoms with Gasteiger partial charge in [-0.05, 0) is 19.8 Å². The Hall–Kier alpha value is 0.270. The van der Waals surface area contributed by atoms with E-state index in [1.165, 1.54) is 0 Å². The summed E-state index contributed by atoms with van der Waals surface area (Å²) in [7, 11) is -3.18. The number of phosphoric ester groups is 1. The Bertz CT molecular complexity index is 173. The fraction of sp³-hybridized carbons (Fsp3) is 1.00. The average Bonchev–Trinajstić information content (AvgIpc) is 2.40. The van der Waals surface area contributed by atoms with E-state index in [1.54, 1.807) is 6.92 Å². The van der Waals surface area contributed by atoms with E-state index in [1.807, 2.05) is 0 Å². The summed E-state index contributed by atoms with van der Waals surface area (Å²) in [6.07, 6.45) is 4.17. The van der Waals surface area contributed by atoms with Crippen LogP contribution in [0, 0.1) is 0 Å². The van der Waals surface area contributed by atoms with Gasteiger partial charge in [0.1, 0.15) is 12.2 Å². The van der Waals surface area contributed by atoms with Gasteiger partial charge in [-0.2, -0.15) is 13.6 Å². The Balaban J connectivity index is 1.97. The summed E-state index contributed by atoms with van der Waals surface area (Å²) < 4.78 is 15.6. The molecule has 4 nitrogen and oxygen atoms in total. The van der Waals surface area contributed by atoms with Crippen molar-refractivity contribution in [3.63, 3.8) is 0 Å². The fourth-order valence-corrected chi connectivity index (χ4v) is 3.51. The quantitative estimate of drug-likeness (QED) is 0.641. The number of hydrogen-bond donors (Lipinski definition) is 0. The van der Waals surface area contributed by atoms with E-state index in [9.17, 15) is 4.89 Å². The van der Waals surface area contributed by atoms with Gasteiger partial charge in [0.15, 0.2) is 0 Å². The smallest absolute Gasteiger partial charge is 0.380 e. The molecule has 0 unspecified atom stereocenters. The number of phosphoric acid groups is 1. The molecular weight excluding hydrogens is 191 g/mol. The summed E-state index contributed by atoms with van der Waals surface area (Å²) >= 11 is 0. The molecule has 0 amide bonds. The van der Waals surface area contributed by atoms with E-state index in [0.29, 0.717) is 6.61 Å². The maximum atomic E-state index is 11.7. The van der Waals surface area contributed by atoms with Crippen LogP contribution in [-0.2, 0) is 13.6 Å². The monoisotopic (exact) mass is 206 g/mol. The third-order valence-electron chi connectivity index (χ3n) is 2.46. The van der Waals surface area contributed by atoms with E-state index in [2.05, 4.69) is 0 Å². The van der Waals surface area contributed by atoms with Crippen molar-refractivity contribution >= 4 is 8.17 Å². The molecule has 0 spiro atoms. The number of fused-ring (bicyclic) bond motifs is 1. The van der Waals surface area contributed by atoms with Crippen LogP contribution in [0.2, 0.25) is 0 Å². The first-order chi connectivity index (χ1) is 6.23. The van der Waals surface area contributed by atoms with Crippen LogP contribution < -0.4 is 4.89 Å². The van der Waals surface area contributed by atoms with E-state index in [0.717, 1.165) is 25.7 Å². The maximum absolute atomic E-state index is 11.7. The molecule has 5 heteroatoms. The van der Waals surface area contributed by atoms with Gasteiger partial charge in [0, 0.05) is 0 Å². The van der Waals surface area contributed by atoms with Crippen LogP contribution in [0.15, 0.2) is 0 Å². The Morgan fingerprint density at radius 2 is 1.85 bits per heavy atom. The Labute approximate surface area is 78.8 Å². The zero-order valence-electron chi connectivity index (χ0n) is 7.77. The third kappa shape index (κ3) is 2.03. The normalized spacial score (nSPS) is 37.4. The van der Waals surface area contributed by atoms with Crippen molar-refractivity contribution in [2.45, 2.75) is 44.8 Å². The van der Waals surface area contributed by atoms with Crippen LogP contribution in [0.1, 0.15) is 32.6 Å². The minimum absolute atomic E-state index is 0.00568. The SMILES string of the molecule is CCO[P+]1([O-])O[C@@H]2CCCC[C@H]2O1. The average molecular weight is 206 g/mol. The second kappa shape index (κ2) is 3.79. The molecule has 2 fully saturated rings. The zero-order chi connectivity index (χ0) is 9.31. The number of hydrogen-bond acceptors (Lipinski definition) is 4. The van der Waals surface area contributed by atoms with Gasteiger partial charge >= 0.3 is 8.17 Å². The Kier molecular flexibility index (Phi) is 2.86. The topological polar surface area (TPSA) is 50.8 Å². The molecule has 1 aliphatic carbocycles. The molecule has 0 radical (unpaired) electrons. The highest BCUT2D eigenvalue weighted by Gasteiger charge is 2.51. The van der Waals surface area contributed by atoms with E-state index in [-0.39, 0.29) is 12.2 Å². The lowest BCUT2D eigenvalue weighted by Gasteiger charge is -2.17. The van der Waals surface area contributed by atoms with Crippen molar-refractivity contribution < 1.29 is 18.5 Å². The van der Waals surface area contributed by atoms with Gasteiger partial charge in [-0.15, -0.1) is 0 Å². The summed E-state index contributed by atoms with van der Waals surface area (Å²) in [5, 5.41) is 0. The lowest BCUT2D eigenvalue weighted by molar-refractivity contribution is -0.238. The molecule has 1 saturated carbocycles. The van der Waals surface area contributed by atoms with Crippen molar-refractivity contribution in [3.8, 4) is 0 Å². The predicted molar refractivity (Wildman–Crippen MR) is 46.8 cm³/mol. The van der Waals surface area contributed by atoms with Crippen molar-refractivity contribution in [2.24, 2.45) is 0 Å². The van der Waals surface area contributed by atoms with Gasteiger partial charge in [-0.1, -0.05) is 12.8 Å². The highest BCUT2D eigenvalue weighted by atomic mass is 31.2. The molecule has 13 heavy (non-hydrogen) atoms. The molecule has 1 heterocycles. The molecule has 0 aromatic heterocycles. The van der Waals surface area contributed by atoms with E-state index >= 15 is 0 Å². The molecular formula is C8H15O4P. The lowest BCUT2D eigenvalue weighted by Crippen LogP contribution is -2.25. The van der Waals surface area contributed by atoms with Crippen molar-refractivity contribution in [1.82, 2.24) is 0 Å². The van der Waals surface area contributed by atoms with Crippen LogP contribution in [0.4, 0.5) is 0 Å². The van der Waals surface area contributed by atoms with Crippen LogP contribution in [-0.4, -0.2) is 18.8 Å². The lowest BCUT2D eigenvalue weighted by atomic mass is 9.95. The largest absolute Gasteiger partial charge is 0.606 e. The van der Waals surface area contributed by atoms with Gasteiger partial charge in [-0.25, -0.2) is 0 Å². The first-order valence-electron chi connectivity index (χ1n) is 4.85. The van der Waals surface area contributed by atoms with Gasteiger partial charge in [0.2, 0.25) is 0 Å². The second-order valence-electron chi connectivity index (χ2n) is 3.44. The molecule has 2 aliphatic rings. The van der Waals surface area contributed by atoms with Gasteiger partial charge in [0.05, 0.1) is 6.61 Å². The summed E-state index contributed by atoms with van der Waals surface area (Å²) in [6, 6.07) is 0. The third-order valence-corrected chi connectivity index (χ3v) is 4.09. The summed E-state index contributed by atoms with van der Waals surface area (Å²) in [5.74, 6) is 0. The van der Waals surface area contributed by atoms with Crippen LogP contribution in [0.3, 0.4) is 0 Å². The van der Waals surface area contributed by atoms with Gasteiger partial charge in [0.25, 0.3) is 0 Å². The highest BCUT2D eigenvalue weighted by Crippen LogP contribution is 2.62. The summed E-state index contributed by atoms with van der Waals surface area (Å²) in [6.45, 7) is 2.16. The van der Waals surface area contributed by atoms with Gasteiger partial charge < -0.3 is 4.89 Å². The van der Waals surface area contributed by atoms with Crippen LogP contribution in [0.5, 0.6) is 0 Å². The van der Waals surface area contributed by atoms with Crippen molar-refractivity contribution in [1.29, 1.82) is 0 Å². The van der Waals surface area contributed by atoms with E-state index < -0.39 is 8.17 Å². The minimum atomic E-state index is -3.18. The fourth-order valence-electron chi connectivity index (χ4n) is 1.88. The standard InChI is InChI=1S/C8H15O4P/c1-2-10-13(9)11-7-5-3-4-6-8(7)12-13/h7-8H,2-6H2,1H3/t7-,8-/m1/s1. The zero-order valence-corrected chi connectivity index (χ0v) is 8.66. The van der Waals surface area contributed by atoms with Crippen LogP contribution in [0.25, 0.3) is 0 Å². The summed E-state index contributed by atoms with van der Waals surface area (Å²) in [4.78, 5) is 11.7. The number of rotatable bonds is 2. The Morgan fingerprint density at radius 1 is 1.31 bits per heavy atom. The van der Waals surface area contributed by atoms with Crippen LogP contribution >= 0.6 is 8.17 Å². The molecule has 1 aliphatic heterocycles. The molecule has 1 saturated heterocycles. The molecule has 0 aromatic rings. The van der Waals surface area contributed by atoms with Crippen molar-refractivity contribution in [2.75, 3.05) is 6.61 Å². The molecule has 2 rings (SSSR count). The minimum Gasteiger partial charge on any atom is -0.606 e.